The van der Waals surface area contributed by atoms with Crippen molar-refractivity contribution in [3.63, 3.8) is 0 Å². The topological polar surface area (TPSA) is 97.3 Å². The average Bonchev–Trinajstić information content (AvgIpc) is 2.89. The number of benzene rings is 2. The molecule has 2 N–H and O–H groups in total. The van der Waals surface area contributed by atoms with Gasteiger partial charge in [-0.2, -0.15) is 0 Å². The lowest BCUT2D eigenvalue weighted by Crippen LogP contribution is -2.50. The number of rotatable bonds is 13. The summed E-state index contributed by atoms with van der Waals surface area (Å²) >= 11 is 0. The lowest BCUT2D eigenvalue weighted by Gasteiger charge is -2.36. The largest absolute Gasteiger partial charge is 0.497 e. The number of hydrogen-bond donors (Lipinski definition) is 2. The van der Waals surface area contributed by atoms with Crippen LogP contribution in [0.2, 0.25) is 0 Å². The number of Topliss-reactive ketones (excluding diaryl/α,β-unsaturated/α-hetero) is 1. The predicted octanol–water partition coefficient (Wildman–Crippen LogP) is 3.52. The number of ether oxygens (including phenoxy) is 3. The highest BCUT2D eigenvalue weighted by molar-refractivity contribution is 5.96. The second-order valence-electron chi connectivity index (χ2n) is 9.39. The number of carbonyl (C=O) groups excluding carboxylic acids is 2. The fraction of sp³-hybridized carbons (Fsp3) is 0.500. The number of ketones is 1. The van der Waals surface area contributed by atoms with Crippen LogP contribution in [0.25, 0.3) is 0 Å². The van der Waals surface area contributed by atoms with Gasteiger partial charge in [-0.1, -0.05) is 12.5 Å². The number of amides is 1. The van der Waals surface area contributed by atoms with Gasteiger partial charge in [0.25, 0.3) is 0 Å². The van der Waals surface area contributed by atoms with E-state index in [4.69, 9.17) is 14.2 Å². The second-order valence-corrected chi connectivity index (χ2v) is 9.39. The van der Waals surface area contributed by atoms with Gasteiger partial charge in [-0.25, -0.2) is 0 Å². The molecule has 0 radical (unpaired) electrons. The molecule has 1 fully saturated rings. The van der Waals surface area contributed by atoms with E-state index in [1.807, 2.05) is 12.1 Å². The lowest BCUT2D eigenvalue weighted by molar-refractivity contribution is -0.123. The Kier molecular flexibility index (Phi) is 9.19. The van der Waals surface area contributed by atoms with Crippen molar-refractivity contribution >= 4 is 11.7 Å². The summed E-state index contributed by atoms with van der Waals surface area (Å²) in [6.07, 6.45) is 3.31. The number of nitrogens with one attached hydrogen (secondary N) is 1. The average molecular weight is 497 g/mol. The van der Waals surface area contributed by atoms with Crippen molar-refractivity contribution in [1.29, 1.82) is 0 Å². The molecule has 0 spiro atoms. The number of aliphatic hydroxyl groups is 1. The summed E-state index contributed by atoms with van der Waals surface area (Å²) in [6, 6.07) is 12.1. The Hall–Kier alpha value is -3.10. The van der Waals surface area contributed by atoms with Gasteiger partial charge in [0.05, 0.1) is 13.2 Å². The monoisotopic (exact) mass is 496 g/mol. The first-order chi connectivity index (χ1) is 17.5. The molecule has 2 aromatic carbocycles. The van der Waals surface area contributed by atoms with Crippen LogP contribution in [-0.2, 0) is 4.79 Å². The summed E-state index contributed by atoms with van der Waals surface area (Å²) < 4.78 is 16.4. The van der Waals surface area contributed by atoms with Crippen molar-refractivity contribution in [2.75, 3.05) is 40.0 Å². The van der Waals surface area contributed by atoms with E-state index in [9.17, 15) is 14.7 Å². The van der Waals surface area contributed by atoms with E-state index >= 15 is 0 Å². The normalized spacial score (nSPS) is 16.5. The number of aliphatic hydroxyl groups excluding tert-OH is 1. The summed E-state index contributed by atoms with van der Waals surface area (Å²) in [7, 11) is 1.60. The molecular formula is C28H36N2O6. The van der Waals surface area contributed by atoms with Crippen LogP contribution in [0.15, 0.2) is 42.5 Å². The molecular weight excluding hydrogens is 460 g/mol. The van der Waals surface area contributed by atoms with E-state index in [0.717, 1.165) is 38.1 Å². The summed E-state index contributed by atoms with van der Waals surface area (Å²) in [5.41, 5.74) is 1.37. The van der Waals surface area contributed by atoms with E-state index in [1.54, 1.807) is 37.4 Å². The van der Waals surface area contributed by atoms with Gasteiger partial charge in [0, 0.05) is 24.9 Å². The van der Waals surface area contributed by atoms with E-state index in [2.05, 4.69) is 10.2 Å². The van der Waals surface area contributed by atoms with Crippen molar-refractivity contribution in [3.8, 4) is 17.2 Å². The standard InChI is InChI=1S/C28H36N2O6/c1-34-22-11-8-20(9-12-22)24(31)6-3-2-4-7-27(32)29-23(19-30-14-5-15-30)28(33)21-10-13-25-26(18-21)36-17-16-35-25/h8-13,18,23,28,33H,2-7,14-17,19H2,1H3,(H,29,32)/t23-,28+/m1/s1. The van der Waals surface area contributed by atoms with Crippen LogP contribution in [0.4, 0.5) is 0 Å². The van der Waals surface area contributed by atoms with Crippen molar-refractivity contribution in [2.45, 2.75) is 50.7 Å². The second kappa shape index (κ2) is 12.7. The number of hydrogen-bond acceptors (Lipinski definition) is 7. The minimum atomic E-state index is -0.854. The van der Waals surface area contributed by atoms with Crippen LogP contribution in [-0.4, -0.2) is 67.7 Å². The summed E-state index contributed by atoms with van der Waals surface area (Å²) in [5.74, 6) is 2.03. The zero-order valence-electron chi connectivity index (χ0n) is 20.9. The maximum Gasteiger partial charge on any atom is 0.220 e. The predicted molar refractivity (Wildman–Crippen MR) is 136 cm³/mol. The molecule has 2 aromatic rings. The molecule has 2 atom stereocenters. The molecule has 2 heterocycles. The van der Waals surface area contributed by atoms with Crippen LogP contribution >= 0.6 is 0 Å². The quantitative estimate of drug-likeness (QED) is 0.323. The number of nitrogens with zero attached hydrogens (tertiary/aromatic N) is 1. The third-order valence-electron chi connectivity index (χ3n) is 6.76. The van der Waals surface area contributed by atoms with Gasteiger partial charge in [0.2, 0.25) is 5.91 Å². The molecule has 36 heavy (non-hydrogen) atoms. The number of unbranched alkanes of at least 4 members (excludes halogenated alkanes) is 2. The maximum absolute atomic E-state index is 12.7. The van der Waals surface area contributed by atoms with Gasteiger partial charge in [0.15, 0.2) is 17.3 Å². The lowest BCUT2D eigenvalue weighted by atomic mass is 9.99. The minimum Gasteiger partial charge on any atom is -0.497 e. The first-order valence-corrected chi connectivity index (χ1v) is 12.8. The molecule has 2 aliphatic rings. The molecule has 0 aliphatic carbocycles. The molecule has 0 saturated carbocycles. The highest BCUT2D eigenvalue weighted by atomic mass is 16.6. The van der Waals surface area contributed by atoms with Crippen molar-refractivity contribution in [2.24, 2.45) is 0 Å². The van der Waals surface area contributed by atoms with Gasteiger partial charge < -0.3 is 29.5 Å². The third kappa shape index (κ3) is 6.98. The van der Waals surface area contributed by atoms with E-state index in [0.29, 0.717) is 61.6 Å². The highest BCUT2D eigenvalue weighted by Crippen LogP contribution is 2.33. The molecule has 1 amide bonds. The zero-order valence-corrected chi connectivity index (χ0v) is 20.9. The number of methoxy groups -OCH3 is 1. The van der Waals surface area contributed by atoms with E-state index < -0.39 is 12.1 Å². The number of likely N-dealkylation sites (tertiary alicyclic amines) is 1. The zero-order chi connectivity index (χ0) is 25.3. The van der Waals surface area contributed by atoms with Crippen molar-refractivity contribution < 1.29 is 28.9 Å². The van der Waals surface area contributed by atoms with Crippen LogP contribution in [0.5, 0.6) is 17.2 Å². The summed E-state index contributed by atoms with van der Waals surface area (Å²) in [6.45, 7) is 3.53. The van der Waals surface area contributed by atoms with Crippen LogP contribution in [0, 0.1) is 0 Å². The van der Waals surface area contributed by atoms with E-state index in [1.165, 1.54) is 0 Å². The minimum absolute atomic E-state index is 0.0846. The Bertz CT molecular complexity index is 1020. The Morgan fingerprint density at radius 1 is 1.00 bits per heavy atom. The Morgan fingerprint density at radius 2 is 1.72 bits per heavy atom. The fourth-order valence-electron chi connectivity index (χ4n) is 4.49. The van der Waals surface area contributed by atoms with Crippen LogP contribution in [0.3, 0.4) is 0 Å². The third-order valence-corrected chi connectivity index (χ3v) is 6.76. The maximum atomic E-state index is 12.7. The van der Waals surface area contributed by atoms with Gasteiger partial charge in [-0.05, 0) is 74.3 Å². The van der Waals surface area contributed by atoms with Gasteiger partial charge in [-0.3, -0.25) is 9.59 Å². The Labute approximate surface area is 212 Å². The molecule has 0 unspecified atom stereocenters. The SMILES string of the molecule is COc1ccc(C(=O)CCCCCC(=O)N[C@H](CN2CCC2)[C@@H](O)c2ccc3c(c2)OCCO3)cc1. The smallest absolute Gasteiger partial charge is 0.220 e. The molecule has 4 rings (SSSR count). The van der Waals surface area contributed by atoms with Gasteiger partial charge >= 0.3 is 0 Å². The van der Waals surface area contributed by atoms with E-state index in [-0.39, 0.29) is 11.7 Å². The molecule has 0 aromatic heterocycles. The van der Waals surface area contributed by atoms with Gasteiger partial charge in [-0.15, -0.1) is 0 Å². The molecule has 2 aliphatic heterocycles. The van der Waals surface area contributed by atoms with Crippen molar-refractivity contribution in [1.82, 2.24) is 10.2 Å². The Morgan fingerprint density at radius 3 is 2.42 bits per heavy atom. The van der Waals surface area contributed by atoms with Crippen LogP contribution < -0.4 is 19.5 Å². The highest BCUT2D eigenvalue weighted by Gasteiger charge is 2.28. The Balaban J connectivity index is 1.24. The number of fused-ring (bicyclic) bond motifs is 1. The van der Waals surface area contributed by atoms with Gasteiger partial charge in [0.1, 0.15) is 25.1 Å². The molecule has 1 saturated heterocycles. The molecule has 0 bridgehead atoms. The first kappa shape index (κ1) is 26.0. The fourth-order valence-corrected chi connectivity index (χ4v) is 4.49. The first-order valence-electron chi connectivity index (χ1n) is 12.8. The summed E-state index contributed by atoms with van der Waals surface area (Å²) in [5, 5.41) is 14.2. The van der Waals surface area contributed by atoms with Crippen molar-refractivity contribution in [3.05, 3.63) is 53.6 Å². The summed E-state index contributed by atoms with van der Waals surface area (Å²) in [4.78, 5) is 27.3. The number of carbonyl (C=O) groups is 2. The molecule has 8 nitrogen and oxygen atoms in total. The van der Waals surface area contributed by atoms with Crippen LogP contribution in [0.1, 0.15) is 60.6 Å². The molecule has 194 valence electrons. The molecule has 8 heteroatoms.